The molecule has 0 unspecified atom stereocenters. The van der Waals surface area contributed by atoms with Crippen molar-refractivity contribution in [1.29, 1.82) is 0 Å². The molecular formula is C18H14BrN5OS. The summed E-state index contributed by atoms with van der Waals surface area (Å²) >= 11 is 4.97. The molecule has 2 aromatic heterocycles. The number of nitrogens with one attached hydrogen (secondary N) is 1. The maximum atomic E-state index is 5.34. The minimum atomic E-state index is 0.518. The molecule has 0 amide bonds. The first-order valence-electron chi connectivity index (χ1n) is 7.89. The molecule has 2 heterocycles. The molecule has 0 spiro atoms. The van der Waals surface area contributed by atoms with Crippen LogP contribution in [0.2, 0.25) is 0 Å². The molecule has 0 fully saturated rings. The summed E-state index contributed by atoms with van der Waals surface area (Å²) in [4.78, 5) is 8.94. The fourth-order valence-electron chi connectivity index (χ4n) is 2.34. The topological polar surface area (TPSA) is 80.5 Å². The summed E-state index contributed by atoms with van der Waals surface area (Å²) < 4.78 is 6.31. The van der Waals surface area contributed by atoms with Gasteiger partial charge in [-0.1, -0.05) is 68.7 Å². The maximum absolute atomic E-state index is 5.34. The summed E-state index contributed by atoms with van der Waals surface area (Å²) in [5, 5.41) is 11.9. The zero-order valence-corrected chi connectivity index (χ0v) is 16.2. The van der Waals surface area contributed by atoms with Crippen LogP contribution in [0.25, 0.3) is 22.8 Å². The lowest BCUT2D eigenvalue weighted by Crippen LogP contribution is -1.86. The average Bonchev–Trinajstić information content (AvgIpc) is 3.30. The van der Waals surface area contributed by atoms with Crippen molar-refractivity contribution in [2.45, 2.75) is 17.8 Å². The van der Waals surface area contributed by atoms with Crippen molar-refractivity contribution in [1.82, 2.24) is 25.3 Å². The second-order valence-electron chi connectivity index (χ2n) is 5.62. The van der Waals surface area contributed by atoms with Crippen molar-refractivity contribution < 1.29 is 4.52 Å². The maximum Gasteiger partial charge on any atom is 0.257 e. The van der Waals surface area contributed by atoms with Gasteiger partial charge in [-0.2, -0.15) is 4.98 Å². The number of H-pyrrole nitrogens is 1. The van der Waals surface area contributed by atoms with Crippen LogP contribution in [0, 0.1) is 6.92 Å². The number of hydrogen-bond acceptors (Lipinski definition) is 6. The highest BCUT2D eigenvalue weighted by atomic mass is 79.9. The number of halogens is 1. The van der Waals surface area contributed by atoms with Gasteiger partial charge >= 0.3 is 0 Å². The number of aromatic nitrogens is 5. The monoisotopic (exact) mass is 427 g/mol. The predicted octanol–water partition coefficient (Wildman–Crippen LogP) is 4.88. The van der Waals surface area contributed by atoms with E-state index in [1.807, 2.05) is 55.5 Å². The van der Waals surface area contributed by atoms with E-state index in [0.717, 1.165) is 15.6 Å². The number of aromatic amines is 1. The van der Waals surface area contributed by atoms with E-state index in [1.165, 1.54) is 17.3 Å². The first kappa shape index (κ1) is 17.0. The number of benzene rings is 2. The van der Waals surface area contributed by atoms with Crippen molar-refractivity contribution in [2.24, 2.45) is 0 Å². The number of thioether (sulfide) groups is 1. The van der Waals surface area contributed by atoms with Crippen LogP contribution in [0.4, 0.5) is 0 Å². The smallest absolute Gasteiger partial charge is 0.257 e. The van der Waals surface area contributed by atoms with E-state index >= 15 is 0 Å². The second-order valence-corrected chi connectivity index (χ2v) is 7.41. The van der Waals surface area contributed by atoms with E-state index in [0.29, 0.717) is 28.4 Å². The second kappa shape index (κ2) is 7.43. The van der Waals surface area contributed by atoms with Gasteiger partial charge in [0, 0.05) is 15.6 Å². The van der Waals surface area contributed by atoms with Crippen LogP contribution in [-0.2, 0) is 5.75 Å². The summed E-state index contributed by atoms with van der Waals surface area (Å²) in [5.41, 5.74) is 3.07. The lowest BCUT2D eigenvalue weighted by atomic mass is 10.1. The summed E-state index contributed by atoms with van der Waals surface area (Å²) in [7, 11) is 0. The minimum Gasteiger partial charge on any atom is -0.334 e. The molecule has 0 aliphatic rings. The average molecular weight is 428 g/mol. The van der Waals surface area contributed by atoms with Gasteiger partial charge in [0.1, 0.15) is 0 Å². The number of hydrogen-bond donors (Lipinski definition) is 1. The predicted molar refractivity (Wildman–Crippen MR) is 104 cm³/mol. The molecule has 0 radical (unpaired) electrons. The lowest BCUT2D eigenvalue weighted by molar-refractivity contribution is 0.425. The minimum absolute atomic E-state index is 0.518. The Hall–Kier alpha value is -2.45. The molecule has 4 aromatic rings. The Morgan fingerprint density at radius 2 is 1.88 bits per heavy atom. The molecule has 130 valence electrons. The SMILES string of the molecule is Cc1ccc(-c2nc(CSc3n[nH]c(-c4ccccc4Br)n3)no2)cc1. The first-order chi connectivity index (χ1) is 12.7. The Balaban J connectivity index is 1.44. The molecule has 0 aliphatic carbocycles. The van der Waals surface area contributed by atoms with Crippen molar-refractivity contribution >= 4 is 27.7 Å². The Bertz CT molecular complexity index is 1030. The standard InChI is InChI=1S/C18H14BrN5OS/c1-11-6-8-12(9-7-11)17-20-15(24-25-17)10-26-18-21-16(22-23-18)13-4-2-3-5-14(13)19/h2-9H,10H2,1H3,(H,21,22,23). The van der Waals surface area contributed by atoms with E-state index < -0.39 is 0 Å². The third-order valence-corrected chi connectivity index (χ3v) is 5.23. The molecule has 6 nitrogen and oxygen atoms in total. The first-order valence-corrected chi connectivity index (χ1v) is 9.66. The van der Waals surface area contributed by atoms with Crippen molar-refractivity contribution in [3.05, 3.63) is 64.4 Å². The highest BCUT2D eigenvalue weighted by Gasteiger charge is 2.12. The van der Waals surface area contributed by atoms with Gasteiger partial charge in [-0.05, 0) is 25.1 Å². The van der Waals surface area contributed by atoms with E-state index in [4.69, 9.17) is 4.52 Å². The van der Waals surface area contributed by atoms with E-state index in [1.54, 1.807) is 0 Å². The van der Waals surface area contributed by atoms with Gasteiger partial charge in [0.05, 0.1) is 5.75 Å². The molecule has 1 N–H and O–H groups in total. The highest BCUT2D eigenvalue weighted by Crippen LogP contribution is 2.27. The zero-order valence-electron chi connectivity index (χ0n) is 13.8. The van der Waals surface area contributed by atoms with Crippen LogP contribution in [0.15, 0.2) is 62.7 Å². The largest absolute Gasteiger partial charge is 0.334 e. The summed E-state index contributed by atoms with van der Waals surface area (Å²) in [6, 6.07) is 15.8. The Kier molecular flexibility index (Phi) is 4.85. The van der Waals surface area contributed by atoms with E-state index in [-0.39, 0.29) is 0 Å². The van der Waals surface area contributed by atoms with Gasteiger partial charge in [0.15, 0.2) is 11.6 Å². The zero-order chi connectivity index (χ0) is 17.9. The number of rotatable bonds is 5. The molecule has 4 rings (SSSR count). The molecule has 0 bridgehead atoms. The Morgan fingerprint density at radius 3 is 2.69 bits per heavy atom. The summed E-state index contributed by atoms with van der Waals surface area (Å²) in [6.07, 6.45) is 0. The molecule has 2 aromatic carbocycles. The number of nitrogens with zero attached hydrogens (tertiary/aromatic N) is 4. The van der Waals surface area contributed by atoms with Crippen molar-refractivity contribution in [3.63, 3.8) is 0 Å². The Labute approximate surface area is 162 Å². The fourth-order valence-corrected chi connectivity index (χ4v) is 3.45. The Morgan fingerprint density at radius 1 is 1.08 bits per heavy atom. The van der Waals surface area contributed by atoms with Crippen LogP contribution in [0.5, 0.6) is 0 Å². The molecule has 26 heavy (non-hydrogen) atoms. The normalized spacial score (nSPS) is 11.0. The van der Waals surface area contributed by atoms with Crippen LogP contribution in [0.3, 0.4) is 0 Å². The summed E-state index contributed by atoms with van der Waals surface area (Å²) in [5.74, 6) is 2.37. The van der Waals surface area contributed by atoms with Crippen LogP contribution >= 0.6 is 27.7 Å². The third kappa shape index (κ3) is 3.71. The molecule has 0 saturated heterocycles. The van der Waals surface area contributed by atoms with Crippen LogP contribution < -0.4 is 0 Å². The van der Waals surface area contributed by atoms with Gasteiger partial charge in [-0.15, -0.1) is 5.10 Å². The van der Waals surface area contributed by atoms with Gasteiger partial charge < -0.3 is 4.52 Å². The molecule has 0 saturated carbocycles. The molecule has 8 heteroatoms. The molecular weight excluding hydrogens is 414 g/mol. The van der Waals surface area contributed by atoms with Gasteiger partial charge in [0.25, 0.3) is 5.89 Å². The number of aryl methyl sites for hydroxylation is 1. The third-order valence-electron chi connectivity index (χ3n) is 3.69. The van der Waals surface area contributed by atoms with Crippen LogP contribution in [0.1, 0.15) is 11.4 Å². The quantitative estimate of drug-likeness (QED) is 0.456. The van der Waals surface area contributed by atoms with Gasteiger partial charge in [-0.3, -0.25) is 5.10 Å². The molecule has 0 atom stereocenters. The van der Waals surface area contributed by atoms with Gasteiger partial charge in [0.2, 0.25) is 5.16 Å². The fraction of sp³-hybridized carbons (Fsp3) is 0.111. The van der Waals surface area contributed by atoms with E-state index in [2.05, 4.69) is 41.3 Å². The molecule has 0 aliphatic heterocycles. The van der Waals surface area contributed by atoms with Gasteiger partial charge in [-0.25, -0.2) is 4.98 Å². The highest BCUT2D eigenvalue weighted by molar-refractivity contribution is 9.10. The van der Waals surface area contributed by atoms with Crippen LogP contribution in [-0.4, -0.2) is 25.3 Å². The summed E-state index contributed by atoms with van der Waals surface area (Å²) in [6.45, 7) is 2.04. The van der Waals surface area contributed by atoms with Crippen molar-refractivity contribution in [2.75, 3.05) is 0 Å². The van der Waals surface area contributed by atoms with E-state index in [9.17, 15) is 0 Å². The lowest BCUT2D eigenvalue weighted by Gasteiger charge is -1.98. The van der Waals surface area contributed by atoms with Crippen molar-refractivity contribution in [3.8, 4) is 22.8 Å².